The highest BCUT2D eigenvalue weighted by molar-refractivity contribution is 6.30. The van der Waals surface area contributed by atoms with Crippen LogP contribution in [0.3, 0.4) is 0 Å². The number of benzene rings is 1. The van der Waals surface area contributed by atoms with E-state index >= 15 is 0 Å². The SMILES string of the molecule is Cc1ccc(CN[C@@H](C)c2ccc(Cl)cc2)o1. The van der Waals surface area contributed by atoms with Crippen LogP contribution in [0.5, 0.6) is 0 Å². The zero-order valence-corrected chi connectivity index (χ0v) is 10.8. The van der Waals surface area contributed by atoms with Gasteiger partial charge in [0.05, 0.1) is 6.54 Å². The van der Waals surface area contributed by atoms with Crippen LogP contribution in [-0.2, 0) is 6.54 Å². The van der Waals surface area contributed by atoms with Gasteiger partial charge in [-0.25, -0.2) is 0 Å². The lowest BCUT2D eigenvalue weighted by Crippen LogP contribution is -2.17. The minimum Gasteiger partial charge on any atom is -0.465 e. The average molecular weight is 250 g/mol. The average Bonchev–Trinajstić information content (AvgIpc) is 2.73. The van der Waals surface area contributed by atoms with Crippen molar-refractivity contribution in [3.8, 4) is 0 Å². The van der Waals surface area contributed by atoms with Crippen LogP contribution in [0.15, 0.2) is 40.8 Å². The van der Waals surface area contributed by atoms with Crippen molar-refractivity contribution in [2.75, 3.05) is 0 Å². The number of furan rings is 1. The minimum absolute atomic E-state index is 0.276. The molecular formula is C14H16ClNO. The first-order valence-electron chi connectivity index (χ1n) is 5.69. The van der Waals surface area contributed by atoms with Crippen molar-refractivity contribution >= 4 is 11.6 Å². The monoisotopic (exact) mass is 249 g/mol. The molecule has 1 aromatic heterocycles. The summed E-state index contributed by atoms with van der Waals surface area (Å²) in [5.74, 6) is 1.91. The number of hydrogen-bond acceptors (Lipinski definition) is 2. The Kier molecular flexibility index (Phi) is 3.87. The van der Waals surface area contributed by atoms with E-state index in [1.54, 1.807) is 0 Å². The van der Waals surface area contributed by atoms with E-state index in [1.165, 1.54) is 5.56 Å². The van der Waals surface area contributed by atoms with E-state index in [-0.39, 0.29) is 6.04 Å². The third-order valence-electron chi connectivity index (χ3n) is 2.75. The molecule has 1 atom stereocenters. The van der Waals surface area contributed by atoms with E-state index in [9.17, 15) is 0 Å². The molecule has 0 saturated carbocycles. The number of rotatable bonds is 4. The lowest BCUT2D eigenvalue weighted by molar-refractivity contribution is 0.444. The van der Waals surface area contributed by atoms with Gasteiger partial charge in [0.25, 0.3) is 0 Å². The molecule has 17 heavy (non-hydrogen) atoms. The smallest absolute Gasteiger partial charge is 0.117 e. The zero-order valence-electron chi connectivity index (χ0n) is 10.0. The van der Waals surface area contributed by atoms with Crippen molar-refractivity contribution < 1.29 is 4.42 Å². The molecule has 2 rings (SSSR count). The quantitative estimate of drug-likeness (QED) is 0.883. The fraction of sp³-hybridized carbons (Fsp3) is 0.286. The van der Waals surface area contributed by atoms with Crippen molar-refractivity contribution in [1.82, 2.24) is 5.32 Å². The summed E-state index contributed by atoms with van der Waals surface area (Å²) in [7, 11) is 0. The van der Waals surface area contributed by atoms with Crippen LogP contribution < -0.4 is 5.32 Å². The Hall–Kier alpha value is -1.25. The van der Waals surface area contributed by atoms with Gasteiger partial charge in [0.1, 0.15) is 11.5 Å². The van der Waals surface area contributed by atoms with Crippen molar-refractivity contribution in [1.29, 1.82) is 0 Å². The molecule has 0 aliphatic rings. The maximum atomic E-state index is 5.86. The summed E-state index contributed by atoms with van der Waals surface area (Å²) in [6.07, 6.45) is 0. The van der Waals surface area contributed by atoms with E-state index < -0.39 is 0 Å². The summed E-state index contributed by atoms with van der Waals surface area (Å²) >= 11 is 5.86. The van der Waals surface area contributed by atoms with Gasteiger partial charge >= 0.3 is 0 Å². The molecule has 0 aliphatic heterocycles. The van der Waals surface area contributed by atoms with E-state index in [2.05, 4.69) is 12.2 Å². The van der Waals surface area contributed by atoms with Gasteiger partial charge in [-0.3, -0.25) is 0 Å². The first-order chi connectivity index (χ1) is 8.15. The molecule has 0 amide bonds. The van der Waals surface area contributed by atoms with Gasteiger partial charge in [0, 0.05) is 11.1 Å². The molecule has 3 heteroatoms. The highest BCUT2D eigenvalue weighted by atomic mass is 35.5. The summed E-state index contributed by atoms with van der Waals surface area (Å²) in [4.78, 5) is 0. The molecule has 0 saturated heterocycles. The summed E-state index contributed by atoms with van der Waals surface area (Å²) in [6.45, 7) is 4.81. The molecule has 0 aliphatic carbocycles. The second-order valence-corrected chi connectivity index (χ2v) is 4.60. The van der Waals surface area contributed by atoms with Crippen LogP contribution in [0.25, 0.3) is 0 Å². The molecule has 0 bridgehead atoms. The molecule has 90 valence electrons. The topological polar surface area (TPSA) is 25.2 Å². The fourth-order valence-electron chi connectivity index (χ4n) is 1.70. The van der Waals surface area contributed by atoms with E-state index in [4.69, 9.17) is 16.0 Å². The molecule has 2 nitrogen and oxygen atoms in total. The van der Waals surface area contributed by atoms with Gasteiger partial charge in [-0.05, 0) is 43.7 Å². The Morgan fingerprint density at radius 3 is 2.47 bits per heavy atom. The Morgan fingerprint density at radius 1 is 1.18 bits per heavy atom. The van der Waals surface area contributed by atoms with Crippen LogP contribution in [0.1, 0.15) is 30.0 Å². The predicted octanol–water partition coefficient (Wildman–Crippen LogP) is 4.09. The second-order valence-electron chi connectivity index (χ2n) is 4.17. The van der Waals surface area contributed by atoms with Gasteiger partial charge in [-0.1, -0.05) is 23.7 Å². The summed E-state index contributed by atoms with van der Waals surface area (Å²) in [6, 6.07) is 12.1. The molecule has 0 spiro atoms. The summed E-state index contributed by atoms with van der Waals surface area (Å²) in [5, 5.41) is 4.18. The van der Waals surface area contributed by atoms with Crippen LogP contribution >= 0.6 is 11.6 Å². The third-order valence-corrected chi connectivity index (χ3v) is 3.00. The lowest BCUT2D eigenvalue weighted by Gasteiger charge is -2.13. The van der Waals surface area contributed by atoms with Crippen LogP contribution in [0.4, 0.5) is 0 Å². The Labute approximate surface area is 107 Å². The third kappa shape index (κ3) is 3.35. The molecule has 0 unspecified atom stereocenters. The van der Waals surface area contributed by atoms with Gasteiger partial charge < -0.3 is 9.73 Å². The molecule has 1 heterocycles. The summed E-state index contributed by atoms with van der Waals surface area (Å²) < 4.78 is 5.51. The number of aryl methyl sites for hydroxylation is 1. The Bertz CT molecular complexity index is 475. The van der Waals surface area contributed by atoms with Gasteiger partial charge in [0.15, 0.2) is 0 Å². The van der Waals surface area contributed by atoms with Crippen molar-refractivity contribution in [3.63, 3.8) is 0 Å². The number of halogens is 1. The van der Waals surface area contributed by atoms with Crippen LogP contribution in [-0.4, -0.2) is 0 Å². The maximum Gasteiger partial charge on any atom is 0.117 e. The highest BCUT2D eigenvalue weighted by Crippen LogP contribution is 2.16. The Morgan fingerprint density at radius 2 is 1.88 bits per heavy atom. The highest BCUT2D eigenvalue weighted by Gasteiger charge is 2.06. The van der Waals surface area contributed by atoms with Crippen LogP contribution in [0, 0.1) is 6.92 Å². The molecule has 0 fully saturated rings. The molecule has 0 radical (unpaired) electrons. The number of nitrogens with one attached hydrogen (secondary N) is 1. The first kappa shape index (κ1) is 12.2. The lowest BCUT2D eigenvalue weighted by atomic mass is 10.1. The maximum absolute atomic E-state index is 5.86. The van der Waals surface area contributed by atoms with Gasteiger partial charge in [0.2, 0.25) is 0 Å². The zero-order chi connectivity index (χ0) is 12.3. The molecule has 1 N–H and O–H groups in total. The molecule has 1 aromatic carbocycles. The summed E-state index contributed by atoms with van der Waals surface area (Å²) in [5.41, 5.74) is 1.22. The van der Waals surface area contributed by atoms with Gasteiger partial charge in [-0.15, -0.1) is 0 Å². The largest absolute Gasteiger partial charge is 0.465 e. The first-order valence-corrected chi connectivity index (χ1v) is 6.07. The minimum atomic E-state index is 0.276. The van der Waals surface area contributed by atoms with E-state index in [0.717, 1.165) is 23.1 Å². The fourth-order valence-corrected chi connectivity index (χ4v) is 1.83. The second kappa shape index (κ2) is 5.39. The van der Waals surface area contributed by atoms with Crippen molar-refractivity contribution in [3.05, 3.63) is 58.5 Å². The standard InChI is InChI=1S/C14H16ClNO/c1-10-3-8-14(17-10)9-16-11(2)12-4-6-13(15)7-5-12/h3-8,11,16H,9H2,1-2H3/t11-/m0/s1. The van der Waals surface area contributed by atoms with E-state index in [1.807, 2.05) is 43.3 Å². The Balaban J connectivity index is 1.93. The number of hydrogen-bond donors (Lipinski definition) is 1. The van der Waals surface area contributed by atoms with Crippen LogP contribution in [0.2, 0.25) is 5.02 Å². The predicted molar refractivity (Wildman–Crippen MR) is 70.2 cm³/mol. The van der Waals surface area contributed by atoms with Crippen molar-refractivity contribution in [2.45, 2.75) is 26.4 Å². The molecular weight excluding hydrogens is 234 g/mol. The normalized spacial score (nSPS) is 12.6. The van der Waals surface area contributed by atoms with Gasteiger partial charge in [-0.2, -0.15) is 0 Å². The molecule has 2 aromatic rings. The van der Waals surface area contributed by atoms with Crippen molar-refractivity contribution in [2.24, 2.45) is 0 Å². The van der Waals surface area contributed by atoms with E-state index in [0.29, 0.717) is 0 Å².